The van der Waals surface area contributed by atoms with Crippen molar-refractivity contribution in [1.29, 1.82) is 0 Å². The van der Waals surface area contributed by atoms with E-state index in [0.717, 1.165) is 37.2 Å². The fourth-order valence-electron chi connectivity index (χ4n) is 3.63. The molecule has 1 saturated heterocycles. The van der Waals surface area contributed by atoms with Crippen molar-refractivity contribution in [2.45, 2.75) is 33.1 Å². The quantitative estimate of drug-likeness (QED) is 0.813. The maximum atomic E-state index is 12.4. The maximum Gasteiger partial charge on any atom is 0.270 e. The highest BCUT2D eigenvalue weighted by Crippen LogP contribution is 2.26. The molecule has 0 spiro atoms. The first kappa shape index (κ1) is 19.5. The van der Waals surface area contributed by atoms with Gasteiger partial charge in [0.1, 0.15) is 23.9 Å². The van der Waals surface area contributed by atoms with Gasteiger partial charge in [-0.1, -0.05) is 13.8 Å². The second-order valence-corrected chi connectivity index (χ2v) is 7.55. The summed E-state index contributed by atoms with van der Waals surface area (Å²) in [7, 11) is 1.54. The van der Waals surface area contributed by atoms with Crippen molar-refractivity contribution >= 4 is 17.6 Å². The molecular weight excluding hydrogens is 346 g/mol. The number of hydrogen-bond acceptors (Lipinski definition) is 6. The smallest absolute Gasteiger partial charge is 0.270 e. The minimum absolute atomic E-state index is 0.0175. The van der Waals surface area contributed by atoms with Gasteiger partial charge in [-0.3, -0.25) is 9.59 Å². The summed E-state index contributed by atoms with van der Waals surface area (Å²) in [4.78, 5) is 37.9. The maximum absolute atomic E-state index is 12.4. The average molecular weight is 375 g/mol. The van der Waals surface area contributed by atoms with Gasteiger partial charge >= 0.3 is 0 Å². The van der Waals surface area contributed by atoms with E-state index in [2.05, 4.69) is 29.0 Å². The second kappa shape index (κ2) is 8.65. The van der Waals surface area contributed by atoms with Crippen molar-refractivity contribution < 1.29 is 14.3 Å². The van der Waals surface area contributed by atoms with Crippen LogP contribution in [0.5, 0.6) is 0 Å². The molecule has 0 unspecified atom stereocenters. The van der Waals surface area contributed by atoms with Crippen molar-refractivity contribution in [2.75, 3.05) is 51.3 Å². The summed E-state index contributed by atoms with van der Waals surface area (Å²) in [5, 5.41) is 2.88. The van der Waals surface area contributed by atoms with Crippen LogP contribution in [0, 0.1) is 5.92 Å². The number of aromatic nitrogens is 2. The molecule has 8 nitrogen and oxygen atoms in total. The topological polar surface area (TPSA) is 87.7 Å². The zero-order valence-corrected chi connectivity index (χ0v) is 16.5. The third-order valence-electron chi connectivity index (χ3n) is 4.91. The number of hydrogen-bond donors (Lipinski definition) is 1. The second-order valence-electron chi connectivity index (χ2n) is 7.55. The molecule has 0 aromatic carbocycles. The molecule has 0 bridgehead atoms. The third kappa shape index (κ3) is 4.55. The summed E-state index contributed by atoms with van der Waals surface area (Å²) in [5.74, 6) is 1.90. The molecule has 0 atom stereocenters. The Bertz CT molecular complexity index is 707. The molecule has 2 amide bonds. The number of nitrogens with one attached hydrogen (secondary N) is 1. The van der Waals surface area contributed by atoms with E-state index in [1.54, 1.807) is 0 Å². The van der Waals surface area contributed by atoms with Gasteiger partial charge in [-0.15, -0.1) is 0 Å². The van der Waals surface area contributed by atoms with Crippen LogP contribution in [0.2, 0.25) is 0 Å². The van der Waals surface area contributed by atoms with Crippen LogP contribution >= 0.6 is 0 Å². The Morgan fingerprint density at radius 1 is 1.22 bits per heavy atom. The molecular formula is C19H29N5O3. The first-order valence-electron chi connectivity index (χ1n) is 9.69. The molecule has 0 saturated carbocycles. The Morgan fingerprint density at radius 2 is 2.04 bits per heavy atom. The van der Waals surface area contributed by atoms with Gasteiger partial charge in [0, 0.05) is 51.8 Å². The van der Waals surface area contributed by atoms with Gasteiger partial charge in [-0.25, -0.2) is 9.97 Å². The standard InChI is InChI=1S/C19H29N5O3/c1-13(2)11-15-21-17-14(5-6-20-19(17)26)18(22-15)24-8-4-7-23(9-10-24)16(25)12-27-3/h13H,4-12H2,1-3H3,(H,20,26). The third-order valence-corrected chi connectivity index (χ3v) is 4.91. The van der Waals surface area contributed by atoms with E-state index in [0.29, 0.717) is 43.6 Å². The Hall–Kier alpha value is -2.22. The number of ether oxygens (including phenoxy) is 1. The highest BCUT2D eigenvalue weighted by atomic mass is 16.5. The molecule has 1 N–H and O–H groups in total. The summed E-state index contributed by atoms with van der Waals surface area (Å²) >= 11 is 0. The van der Waals surface area contributed by atoms with Gasteiger partial charge in [0.15, 0.2) is 0 Å². The van der Waals surface area contributed by atoms with E-state index < -0.39 is 0 Å². The van der Waals surface area contributed by atoms with E-state index in [-0.39, 0.29) is 18.4 Å². The van der Waals surface area contributed by atoms with E-state index in [1.807, 2.05) is 4.90 Å². The first-order chi connectivity index (χ1) is 13.0. The van der Waals surface area contributed by atoms with E-state index >= 15 is 0 Å². The van der Waals surface area contributed by atoms with Gasteiger partial charge in [0.05, 0.1) is 0 Å². The average Bonchev–Trinajstić information content (AvgIpc) is 2.88. The lowest BCUT2D eigenvalue weighted by Crippen LogP contribution is -2.39. The summed E-state index contributed by atoms with van der Waals surface area (Å²) in [6.45, 7) is 7.81. The van der Waals surface area contributed by atoms with Gasteiger partial charge < -0.3 is 19.9 Å². The van der Waals surface area contributed by atoms with E-state index in [1.165, 1.54) is 7.11 Å². The van der Waals surface area contributed by atoms with Gasteiger partial charge in [-0.05, 0) is 18.8 Å². The predicted octanol–water partition coefficient (Wildman–Crippen LogP) is 0.646. The molecule has 1 fully saturated rings. The SMILES string of the molecule is COCC(=O)N1CCCN(c2nc(CC(C)C)nc3c2CCNC3=O)CC1. The van der Waals surface area contributed by atoms with Crippen LogP contribution in [-0.2, 0) is 22.4 Å². The summed E-state index contributed by atoms with van der Waals surface area (Å²) in [6.07, 6.45) is 2.33. The fraction of sp³-hybridized carbons (Fsp3) is 0.684. The van der Waals surface area contributed by atoms with E-state index in [9.17, 15) is 9.59 Å². The largest absolute Gasteiger partial charge is 0.375 e. The van der Waals surface area contributed by atoms with Crippen molar-refractivity contribution in [3.05, 3.63) is 17.1 Å². The van der Waals surface area contributed by atoms with Crippen molar-refractivity contribution in [3.8, 4) is 0 Å². The lowest BCUT2D eigenvalue weighted by atomic mass is 10.0. The molecule has 0 aliphatic carbocycles. The van der Waals surface area contributed by atoms with Crippen LogP contribution < -0.4 is 10.2 Å². The Kier molecular flexibility index (Phi) is 6.26. The zero-order chi connectivity index (χ0) is 19.4. The minimum atomic E-state index is -0.114. The van der Waals surface area contributed by atoms with Gasteiger partial charge in [-0.2, -0.15) is 0 Å². The van der Waals surface area contributed by atoms with Crippen LogP contribution in [0.3, 0.4) is 0 Å². The molecule has 1 aromatic heterocycles. The van der Waals surface area contributed by atoms with Crippen molar-refractivity contribution in [1.82, 2.24) is 20.2 Å². The molecule has 3 rings (SSSR count). The molecule has 8 heteroatoms. The van der Waals surface area contributed by atoms with Gasteiger partial charge in [0.2, 0.25) is 5.91 Å². The highest BCUT2D eigenvalue weighted by molar-refractivity contribution is 5.96. The lowest BCUT2D eigenvalue weighted by molar-refractivity contribution is -0.134. The number of amides is 2. The zero-order valence-electron chi connectivity index (χ0n) is 16.5. The van der Waals surface area contributed by atoms with Crippen LogP contribution in [0.15, 0.2) is 0 Å². The Labute approximate surface area is 160 Å². The number of methoxy groups -OCH3 is 1. The van der Waals surface area contributed by atoms with Crippen LogP contribution in [-0.4, -0.2) is 73.1 Å². The highest BCUT2D eigenvalue weighted by Gasteiger charge is 2.28. The number of carbonyl (C=O) groups is 2. The van der Waals surface area contributed by atoms with Crippen LogP contribution in [0.25, 0.3) is 0 Å². The summed E-state index contributed by atoms with van der Waals surface area (Å²) in [6, 6.07) is 0. The number of fused-ring (bicyclic) bond motifs is 1. The van der Waals surface area contributed by atoms with Crippen molar-refractivity contribution in [2.24, 2.45) is 5.92 Å². The molecule has 2 aliphatic heterocycles. The summed E-state index contributed by atoms with van der Waals surface area (Å²) in [5.41, 5.74) is 1.45. The lowest BCUT2D eigenvalue weighted by Gasteiger charge is -2.28. The number of nitrogens with zero attached hydrogens (tertiary/aromatic N) is 4. The number of anilines is 1. The Morgan fingerprint density at radius 3 is 2.78 bits per heavy atom. The summed E-state index contributed by atoms with van der Waals surface area (Å²) < 4.78 is 4.98. The van der Waals surface area contributed by atoms with E-state index in [4.69, 9.17) is 9.72 Å². The minimum Gasteiger partial charge on any atom is -0.375 e. The van der Waals surface area contributed by atoms with Crippen molar-refractivity contribution in [3.63, 3.8) is 0 Å². The van der Waals surface area contributed by atoms with Crippen LogP contribution in [0.1, 0.15) is 42.1 Å². The monoisotopic (exact) mass is 375 g/mol. The first-order valence-corrected chi connectivity index (χ1v) is 9.69. The number of rotatable bonds is 5. The number of carbonyl (C=O) groups excluding carboxylic acids is 2. The Balaban J connectivity index is 1.87. The normalized spacial score (nSPS) is 17.6. The van der Waals surface area contributed by atoms with Crippen LogP contribution in [0.4, 0.5) is 5.82 Å². The van der Waals surface area contributed by atoms with Gasteiger partial charge in [0.25, 0.3) is 5.91 Å². The molecule has 2 aliphatic rings. The molecule has 0 radical (unpaired) electrons. The molecule has 148 valence electrons. The molecule has 3 heterocycles. The fourth-order valence-corrected chi connectivity index (χ4v) is 3.63. The molecule has 27 heavy (non-hydrogen) atoms. The molecule has 1 aromatic rings. The predicted molar refractivity (Wildman–Crippen MR) is 102 cm³/mol.